The lowest BCUT2D eigenvalue weighted by atomic mass is 10.1. The van der Waals surface area contributed by atoms with Crippen LogP contribution < -0.4 is 4.74 Å². The molecule has 0 bridgehead atoms. The molecule has 0 aromatic heterocycles. The number of hydrogen-bond acceptors (Lipinski definition) is 4. The number of carbonyl (C=O) groups is 1. The number of aromatic carboxylic acids is 1. The molecule has 1 fully saturated rings. The minimum Gasteiger partial charge on any atom is -0.494 e. The number of piperidine rings is 1. The van der Waals surface area contributed by atoms with Crippen LogP contribution in [0.2, 0.25) is 0 Å². The minimum absolute atomic E-state index is 0.258. The van der Waals surface area contributed by atoms with Gasteiger partial charge in [0, 0.05) is 26.7 Å². The predicted octanol–water partition coefficient (Wildman–Crippen LogP) is 2.26. The molecule has 0 aliphatic carbocycles. The molecular weight excluding hydrogens is 270 g/mol. The van der Waals surface area contributed by atoms with Crippen molar-refractivity contribution < 1.29 is 19.4 Å². The summed E-state index contributed by atoms with van der Waals surface area (Å²) in [4.78, 5) is 13.3. The highest BCUT2D eigenvalue weighted by molar-refractivity contribution is 5.87. The first-order valence-electron chi connectivity index (χ1n) is 7.40. The lowest BCUT2D eigenvalue weighted by Gasteiger charge is -2.31. The van der Waals surface area contributed by atoms with E-state index in [4.69, 9.17) is 14.6 Å². The number of methoxy groups -OCH3 is 1. The van der Waals surface area contributed by atoms with Gasteiger partial charge in [-0.05, 0) is 37.5 Å². The molecule has 5 nitrogen and oxygen atoms in total. The smallest absolute Gasteiger partial charge is 0.335 e. The van der Waals surface area contributed by atoms with Crippen LogP contribution in [-0.2, 0) is 4.74 Å². The van der Waals surface area contributed by atoms with Gasteiger partial charge in [0.15, 0.2) is 0 Å². The van der Waals surface area contributed by atoms with E-state index >= 15 is 0 Å². The summed E-state index contributed by atoms with van der Waals surface area (Å²) in [6.45, 7) is 3.77. The first-order chi connectivity index (χ1) is 10.2. The van der Waals surface area contributed by atoms with Gasteiger partial charge < -0.3 is 19.5 Å². The fourth-order valence-electron chi connectivity index (χ4n) is 2.57. The number of carboxylic acid groups (broad SMARTS) is 1. The molecule has 21 heavy (non-hydrogen) atoms. The summed E-state index contributed by atoms with van der Waals surface area (Å²) in [7, 11) is 1.78. The molecule has 1 saturated heterocycles. The lowest BCUT2D eigenvalue weighted by Crippen LogP contribution is -2.37. The molecule has 5 heteroatoms. The monoisotopic (exact) mass is 293 g/mol. The van der Waals surface area contributed by atoms with Crippen molar-refractivity contribution >= 4 is 5.97 Å². The van der Waals surface area contributed by atoms with Crippen molar-refractivity contribution in [1.29, 1.82) is 0 Å². The number of likely N-dealkylation sites (tertiary alicyclic amines) is 1. The Bertz CT molecular complexity index is 455. The Morgan fingerprint density at radius 2 is 2.14 bits per heavy atom. The van der Waals surface area contributed by atoms with Crippen LogP contribution in [0.3, 0.4) is 0 Å². The van der Waals surface area contributed by atoms with Crippen LogP contribution in [0.5, 0.6) is 5.75 Å². The van der Waals surface area contributed by atoms with E-state index in [1.165, 1.54) is 0 Å². The Hall–Kier alpha value is -1.59. The first kappa shape index (κ1) is 15.8. The summed E-state index contributed by atoms with van der Waals surface area (Å²) in [5.41, 5.74) is 0.258. The van der Waals surface area contributed by atoms with Crippen LogP contribution in [-0.4, -0.2) is 55.4 Å². The third-order valence-corrected chi connectivity index (χ3v) is 3.84. The van der Waals surface area contributed by atoms with E-state index in [0.717, 1.165) is 38.9 Å². The van der Waals surface area contributed by atoms with Crippen molar-refractivity contribution in [2.45, 2.75) is 25.4 Å². The van der Waals surface area contributed by atoms with Gasteiger partial charge in [-0.2, -0.15) is 0 Å². The van der Waals surface area contributed by atoms with E-state index in [-0.39, 0.29) is 5.56 Å². The largest absolute Gasteiger partial charge is 0.494 e. The van der Waals surface area contributed by atoms with Crippen molar-refractivity contribution in [3.8, 4) is 5.75 Å². The minimum atomic E-state index is -0.929. The van der Waals surface area contributed by atoms with Gasteiger partial charge >= 0.3 is 5.97 Å². The predicted molar refractivity (Wildman–Crippen MR) is 80.0 cm³/mol. The molecule has 0 atom stereocenters. The highest BCUT2D eigenvalue weighted by Crippen LogP contribution is 2.15. The SMILES string of the molecule is COC1CCN(CCCOc2cccc(C(=O)O)c2)CC1. The summed E-state index contributed by atoms with van der Waals surface area (Å²) >= 11 is 0. The second kappa shape index (κ2) is 8.00. The summed E-state index contributed by atoms with van der Waals surface area (Å²) in [6.07, 6.45) is 3.54. The van der Waals surface area contributed by atoms with E-state index in [2.05, 4.69) is 4.90 Å². The average molecular weight is 293 g/mol. The van der Waals surface area contributed by atoms with Gasteiger partial charge in [-0.1, -0.05) is 6.07 Å². The molecule has 116 valence electrons. The van der Waals surface area contributed by atoms with Crippen LogP contribution in [0, 0.1) is 0 Å². The van der Waals surface area contributed by atoms with Gasteiger partial charge in [0.2, 0.25) is 0 Å². The van der Waals surface area contributed by atoms with Gasteiger partial charge in [0.05, 0.1) is 18.3 Å². The maximum atomic E-state index is 10.9. The lowest BCUT2D eigenvalue weighted by molar-refractivity contribution is 0.0398. The Morgan fingerprint density at radius 1 is 1.38 bits per heavy atom. The van der Waals surface area contributed by atoms with Crippen LogP contribution in [0.1, 0.15) is 29.6 Å². The first-order valence-corrected chi connectivity index (χ1v) is 7.40. The highest BCUT2D eigenvalue weighted by atomic mass is 16.5. The zero-order chi connectivity index (χ0) is 15.1. The molecule has 1 aliphatic rings. The average Bonchev–Trinajstić information content (AvgIpc) is 2.52. The number of ether oxygens (including phenoxy) is 2. The van der Waals surface area contributed by atoms with Crippen molar-refractivity contribution in [3.05, 3.63) is 29.8 Å². The molecule has 1 aromatic carbocycles. The van der Waals surface area contributed by atoms with E-state index < -0.39 is 5.97 Å². The Morgan fingerprint density at radius 3 is 2.81 bits per heavy atom. The normalized spacial score (nSPS) is 16.8. The molecule has 0 radical (unpaired) electrons. The van der Waals surface area contributed by atoms with Crippen LogP contribution in [0.25, 0.3) is 0 Å². The second-order valence-corrected chi connectivity index (χ2v) is 5.31. The third-order valence-electron chi connectivity index (χ3n) is 3.84. The standard InChI is InChI=1S/C16H23NO4/c1-20-14-6-9-17(10-7-14)8-3-11-21-15-5-2-4-13(12-15)16(18)19/h2,4-5,12,14H,3,6-11H2,1H3,(H,18,19). The number of hydrogen-bond donors (Lipinski definition) is 1. The number of rotatable bonds is 7. The second-order valence-electron chi connectivity index (χ2n) is 5.31. The molecule has 0 spiro atoms. The van der Waals surface area contributed by atoms with Gasteiger partial charge in [0.1, 0.15) is 5.75 Å². The third kappa shape index (κ3) is 5.02. The van der Waals surface area contributed by atoms with E-state index in [0.29, 0.717) is 18.5 Å². The Balaban J connectivity index is 1.66. The van der Waals surface area contributed by atoms with Crippen molar-refractivity contribution in [2.75, 3.05) is 33.4 Å². The molecule has 0 unspecified atom stereocenters. The molecule has 1 N–H and O–H groups in total. The van der Waals surface area contributed by atoms with Crippen LogP contribution >= 0.6 is 0 Å². The highest BCUT2D eigenvalue weighted by Gasteiger charge is 2.17. The van der Waals surface area contributed by atoms with Gasteiger partial charge in [-0.25, -0.2) is 4.79 Å². The van der Waals surface area contributed by atoms with Crippen molar-refractivity contribution in [2.24, 2.45) is 0 Å². The molecule has 1 heterocycles. The topological polar surface area (TPSA) is 59.0 Å². The summed E-state index contributed by atoms with van der Waals surface area (Å²) in [5, 5.41) is 8.92. The van der Waals surface area contributed by atoms with Crippen molar-refractivity contribution in [1.82, 2.24) is 4.90 Å². The maximum Gasteiger partial charge on any atom is 0.335 e. The summed E-state index contributed by atoms with van der Waals surface area (Å²) in [5.74, 6) is -0.311. The van der Waals surface area contributed by atoms with Crippen LogP contribution in [0.15, 0.2) is 24.3 Å². The van der Waals surface area contributed by atoms with Crippen LogP contribution in [0.4, 0.5) is 0 Å². The Kier molecular flexibility index (Phi) is 6.02. The fourth-order valence-corrected chi connectivity index (χ4v) is 2.57. The van der Waals surface area contributed by atoms with E-state index in [1.54, 1.807) is 31.4 Å². The molecule has 2 rings (SSSR count). The molecular formula is C16H23NO4. The number of nitrogens with zero attached hydrogens (tertiary/aromatic N) is 1. The summed E-state index contributed by atoms with van der Waals surface area (Å²) in [6, 6.07) is 6.62. The summed E-state index contributed by atoms with van der Waals surface area (Å²) < 4.78 is 11.0. The maximum absolute atomic E-state index is 10.9. The Labute approximate surface area is 125 Å². The van der Waals surface area contributed by atoms with Gasteiger partial charge in [0.25, 0.3) is 0 Å². The zero-order valence-corrected chi connectivity index (χ0v) is 12.5. The number of benzene rings is 1. The van der Waals surface area contributed by atoms with E-state index in [9.17, 15) is 4.79 Å². The van der Waals surface area contributed by atoms with E-state index in [1.807, 2.05) is 0 Å². The molecule has 0 amide bonds. The van der Waals surface area contributed by atoms with Crippen molar-refractivity contribution in [3.63, 3.8) is 0 Å². The van der Waals surface area contributed by atoms with Gasteiger partial charge in [-0.15, -0.1) is 0 Å². The fraction of sp³-hybridized carbons (Fsp3) is 0.562. The molecule has 1 aromatic rings. The zero-order valence-electron chi connectivity index (χ0n) is 12.5. The quantitative estimate of drug-likeness (QED) is 0.781. The molecule has 1 aliphatic heterocycles. The van der Waals surface area contributed by atoms with Gasteiger partial charge in [-0.3, -0.25) is 0 Å². The number of carboxylic acids is 1. The molecule has 0 saturated carbocycles.